The molecule has 3 nitrogen and oxygen atoms in total. The van der Waals surface area contributed by atoms with Gasteiger partial charge in [-0.1, -0.05) is 12.8 Å². The van der Waals surface area contributed by atoms with Gasteiger partial charge in [-0.3, -0.25) is 0 Å². The Hall–Kier alpha value is -0.740. The summed E-state index contributed by atoms with van der Waals surface area (Å²) < 4.78 is 11.8. The monoisotopic (exact) mass is 313 g/mol. The summed E-state index contributed by atoms with van der Waals surface area (Å²) in [4.78, 5) is 0. The molecule has 2 unspecified atom stereocenters. The third-order valence-electron chi connectivity index (χ3n) is 3.51. The van der Waals surface area contributed by atoms with Crippen molar-refractivity contribution in [2.75, 3.05) is 19.5 Å². The molecule has 100 valence electrons. The lowest BCUT2D eigenvalue weighted by molar-refractivity contribution is 0.0606. The second kappa shape index (κ2) is 6.43. The van der Waals surface area contributed by atoms with E-state index in [0.29, 0.717) is 12.1 Å². The standard InChI is InChI=1S/C14H20BrNO2/c1-17-13-8-7-10(9-11(13)15)16-12-5-3-4-6-14(12)18-2/h7-9,12,14,16H,3-6H2,1-2H3. The summed E-state index contributed by atoms with van der Waals surface area (Å²) >= 11 is 3.51. The van der Waals surface area contributed by atoms with Crippen LogP contribution in [0.15, 0.2) is 22.7 Å². The summed E-state index contributed by atoms with van der Waals surface area (Å²) in [7, 11) is 3.48. The number of methoxy groups -OCH3 is 2. The number of hydrogen-bond donors (Lipinski definition) is 1. The van der Waals surface area contributed by atoms with Crippen LogP contribution in [0, 0.1) is 0 Å². The molecule has 1 aliphatic rings. The normalized spacial score (nSPS) is 23.7. The first kappa shape index (κ1) is 13.7. The first-order valence-corrected chi connectivity index (χ1v) is 7.16. The quantitative estimate of drug-likeness (QED) is 0.916. The van der Waals surface area contributed by atoms with Crippen molar-refractivity contribution in [1.82, 2.24) is 0 Å². The van der Waals surface area contributed by atoms with E-state index >= 15 is 0 Å². The first-order chi connectivity index (χ1) is 8.74. The van der Waals surface area contributed by atoms with Crippen LogP contribution >= 0.6 is 15.9 Å². The van der Waals surface area contributed by atoms with Crippen LogP contribution in [0.4, 0.5) is 5.69 Å². The first-order valence-electron chi connectivity index (χ1n) is 6.37. The van der Waals surface area contributed by atoms with Gasteiger partial charge in [-0.05, 0) is 47.0 Å². The van der Waals surface area contributed by atoms with Crippen molar-refractivity contribution in [2.45, 2.75) is 37.8 Å². The minimum atomic E-state index is 0.319. The lowest BCUT2D eigenvalue weighted by Crippen LogP contribution is -2.37. The van der Waals surface area contributed by atoms with Crippen LogP contribution in [0.25, 0.3) is 0 Å². The van der Waals surface area contributed by atoms with E-state index in [4.69, 9.17) is 9.47 Å². The third-order valence-corrected chi connectivity index (χ3v) is 4.13. The maximum absolute atomic E-state index is 5.55. The molecule has 1 aromatic carbocycles. The summed E-state index contributed by atoms with van der Waals surface area (Å²) in [6, 6.07) is 6.48. The predicted molar refractivity (Wildman–Crippen MR) is 77.4 cm³/mol. The molecular weight excluding hydrogens is 294 g/mol. The van der Waals surface area contributed by atoms with Gasteiger partial charge >= 0.3 is 0 Å². The molecule has 0 bridgehead atoms. The van der Waals surface area contributed by atoms with E-state index in [1.54, 1.807) is 14.2 Å². The number of anilines is 1. The molecule has 0 amide bonds. The highest BCUT2D eigenvalue weighted by molar-refractivity contribution is 9.10. The van der Waals surface area contributed by atoms with Crippen molar-refractivity contribution < 1.29 is 9.47 Å². The Labute approximate surface area is 117 Å². The zero-order chi connectivity index (χ0) is 13.0. The van der Waals surface area contributed by atoms with Crippen molar-refractivity contribution in [1.29, 1.82) is 0 Å². The Morgan fingerprint density at radius 2 is 2.00 bits per heavy atom. The lowest BCUT2D eigenvalue weighted by atomic mass is 9.92. The van der Waals surface area contributed by atoms with Gasteiger partial charge in [0.1, 0.15) is 5.75 Å². The van der Waals surface area contributed by atoms with E-state index in [2.05, 4.69) is 27.3 Å². The molecule has 1 saturated carbocycles. The van der Waals surface area contributed by atoms with Gasteiger partial charge < -0.3 is 14.8 Å². The van der Waals surface area contributed by atoms with E-state index in [9.17, 15) is 0 Å². The Bertz CT molecular complexity index is 397. The van der Waals surface area contributed by atoms with Gasteiger partial charge in [-0.25, -0.2) is 0 Å². The maximum Gasteiger partial charge on any atom is 0.133 e. The summed E-state index contributed by atoms with van der Waals surface area (Å²) in [6.45, 7) is 0. The van der Waals surface area contributed by atoms with Gasteiger partial charge in [-0.15, -0.1) is 0 Å². The molecule has 0 heterocycles. The van der Waals surface area contributed by atoms with Crippen LogP contribution in [0.3, 0.4) is 0 Å². The molecule has 4 heteroatoms. The van der Waals surface area contributed by atoms with Crippen molar-refractivity contribution >= 4 is 21.6 Å². The average Bonchev–Trinajstić information content (AvgIpc) is 2.39. The van der Waals surface area contributed by atoms with Crippen LogP contribution in [-0.4, -0.2) is 26.4 Å². The fraction of sp³-hybridized carbons (Fsp3) is 0.571. The van der Waals surface area contributed by atoms with E-state index in [0.717, 1.165) is 22.3 Å². The van der Waals surface area contributed by atoms with Crippen molar-refractivity contribution in [3.63, 3.8) is 0 Å². The zero-order valence-corrected chi connectivity index (χ0v) is 12.5. The molecule has 2 rings (SSSR count). The Morgan fingerprint density at radius 3 is 2.67 bits per heavy atom. The average molecular weight is 314 g/mol. The second-order valence-electron chi connectivity index (χ2n) is 4.66. The number of rotatable bonds is 4. The maximum atomic E-state index is 5.55. The van der Waals surface area contributed by atoms with Crippen molar-refractivity contribution in [3.05, 3.63) is 22.7 Å². The lowest BCUT2D eigenvalue weighted by Gasteiger charge is -2.31. The molecule has 1 aliphatic carbocycles. The molecule has 2 atom stereocenters. The molecular formula is C14H20BrNO2. The minimum Gasteiger partial charge on any atom is -0.496 e. The smallest absolute Gasteiger partial charge is 0.133 e. The van der Waals surface area contributed by atoms with Gasteiger partial charge in [-0.2, -0.15) is 0 Å². The fourth-order valence-corrected chi connectivity index (χ4v) is 3.05. The van der Waals surface area contributed by atoms with Gasteiger partial charge in [0.15, 0.2) is 0 Å². The summed E-state index contributed by atoms with van der Waals surface area (Å²) in [6.07, 6.45) is 5.17. The molecule has 0 aromatic heterocycles. The Kier molecular flexibility index (Phi) is 4.89. The summed E-state index contributed by atoms with van der Waals surface area (Å²) in [5.74, 6) is 0.854. The molecule has 0 aliphatic heterocycles. The number of ether oxygens (including phenoxy) is 2. The van der Waals surface area contributed by atoms with Gasteiger partial charge in [0, 0.05) is 12.8 Å². The van der Waals surface area contributed by atoms with Crippen LogP contribution in [0.1, 0.15) is 25.7 Å². The van der Waals surface area contributed by atoms with E-state index < -0.39 is 0 Å². The van der Waals surface area contributed by atoms with Gasteiger partial charge in [0.25, 0.3) is 0 Å². The minimum absolute atomic E-state index is 0.319. The molecule has 1 fully saturated rings. The van der Waals surface area contributed by atoms with Crippen LogP contribution in [0.5, 0.6) is 5.75 Å². The highest BCUT2D eigenvalue weighted by Crippen LogP contribution is 2.30. The Morgan fingerprint density at radius 1 is 1.22 bits per heavy atom. The molecule has 18 heavy (non-hydrogen) atoms. The largest absolute Gasteiger partial charge is 0.496 e. The van der Waals surface area contributed by atoms with Crippen LogP contribution < -0.4 is 10.1 Å². The number of benzene rings is 1. The van der Waals surface area contributed by atoms with Gasteiger partial charge in [0.05, 0.1) is 23.7 Å². The number of nitrogens with one attached hydrogen (secondary N) is 1. The Balaban J connectivity index is 2.05. The summed E-state index contributed by atoms with van der Waals surface area (Å²) in [5.41, 5.74) is 1.11. The second-order valence-corrected chi connectivity index (χ2v) is 5.51. The number of hydrogen-bond acceptors (Lipinski definition) is 3. The highest BCUT2D eigenvalue weighted by atomic mass is 79.9. The van der Waals surface area contributed by atoms with Crippen LogP contribution in [-0.2, 0) is 4.74 Å². The van der Waals surface area contributed by atoms with Crippen molar-refractivity contribution in [3.8, 4) is 5.75 Å². The van der Waals surface area contributed by atoms with E-state index in [-0.39, 0.29) is 0 Å². The third kappa shape index (κ3) is 3.18. The van der Waals surface area contributed by atoms with Crippen LogP contribution in [0.2, 0.25) is 0 Å². The molecule has 1 N–H and O–H groups in total. The topological polar surface area (TPSA) is 30.5 Å². The van der Waals surface area contributed by atoms with E-state index in [1.807, 2.05) is 12.1 Å². The van der Waals surface area contributed by atoms with Crippen molar-refractivity contribution in [2.24, 2.45) is 0 Å². The summed E-state index contributed by atoms with van der Waals surface area (Å²) in [5, 5.41) is 3.56. The molecule has 0 spiro atoms. The SMILES string of the molecule is COc1ccc(NC2CCCCC2OC)cc1Br. The number of halogens is 1. The molecule has 1 aromatic rings. The molecule has 0 radical (unpaired) electrons. The fourth-order valence-electron chi connectivity index (χ4n) is 2.51. The van der Waals surface area contributed by atoms with Gasteiger partial charge in [0.2, 0.25) is 0 Å². The predicted octanol–water partition coefficient (Wildman–Crippen LogP) is 3.83. The zero-order valence-electron chi connectivity index (χ0n) is 10.9. The molecule has 0 saturated heterocycles. The van der Waals surface area contributed by atoms with E-state index in [1.165, 1.54) is 19.3 Å². The highest BCUT2D eigenvalue weighted by Gasteiger charge is 2.24.